The van der Waals surface area contributed by atoms with Crippen LogP contribution in [0.15, 0.2) is 42.6 Å². The molecule has 25 heavy (non-hydrogen) atoms. The van der Waals surface area contributed by atoms with Crippen LogP contribution in [0.4, 0.5) is 4.39 Å². The Morgan fingerprint density at radius 2 is 2.08 bits per heavy atom. The largest absolute Gasteiger partial charge is 0.491 e. The minimum Gasteiger partial charge on any atom is -0.491 e. The van der Waals surface area contributed by atoms with Gasteiger partial charge in [0.1, 0.15) is 23.8 Å². The standard InChI is InChI=1S/C19H21FN2O3/c1-14-2-5-16(21-11-14)10-18(23)22-9-8-19(24,12-22)13-25-17-6-3-15(20)4-7-17/h2-7,11,24H,8-10,12-13H2,1H3/t19-/m0/s1. The Kier molecular flexibility index (Phi) is 4.99. The first-order chi connectivity index (χ1) is 11.9. The fraction of sp³-hybridized carbons (Fsp3) is 0.368. The van der Waals surface area contributed by atoms with Crippen molar-refractivity contribution in [2.24, 2.45) is 0 Å². The molecule has 0 saturated carbocycles. The lowest BCUT2D eigenvalue weighted by Gasteiger charge is -2.23. The number of hydrogen-bond acceptors (Lipinski definition) is 4. The summed E-state index contributed by atoms with van der Waals surface area (Å²) in [4.78, 5) is 18.3. The highest BCUT2D eigenvalue weighted by Crippen LogP contribution is 2.23. The molecule has 1 N–H and O–H groups in total. The topological polar surface area (TPSA) is 62.7 Å². The van der Waals surface area contributed by atoms with E-state index in [0.29, 0.717) is 24.4 Å². The fourth-order valence-electron chi connectivity index (χ4n) is 2.81. The summed E-state index contributed by atoms with van der Waals surface area (Å²) >= 11 is 0. The molecule has 1 amide bonds. The molecule has 0 radical (unpaired) electrons. The fourth-order valence-corrected chi connectivity index (χ4v) is 2.81. The number of ether oxygens (including phenoxy) is 1. The second-order valence-corrected chi connectivity index (χ2v) is 6.54. The number of carbonyl (C=O) groups excluding carboxylic acids is 1. The monoisotopic (exact) mass is 344 g/mol. The Labute approximate surface area is 146 Å². The summed E-state index contributed by atoms with van der Waals surface area (Å²) in [5.74, 6) is 0.0888. The number of aromatic nitrogens is 1. The molecule has 0 spiro atoms. The van der Waals surface area contributed by atoms with Crippen molar-refractivity contribution in [1.29, 1.82) is 0 Å². The van der Waals surface area contributed by atoms with E-state index >= 15 is 0 Å². The number of nitrogens with zero attached hydrogens (tertiary/aromatic N) is 2. The van der Waals surface area contributed by atoms with Crippen molar-refractivity contribution in [2.75, 3.05) is 19.7 Å². The van der Waals surface area contributed by atoms with Crippen molar-refractivity contribution in [3.63, 3.8) is 0 Å². The van der Waals surface area contributed by atoms with Gasteiger partial charge in [-0.15, -0.1) is 0 Å². The molecule has 1 aliphatic heterocycles. The van der Waals surface area contributed by atoms with Gasteiger partial charge in [-0.05, 0) is 49.2 Å². The first-order valence-corrected chi connectivity index (χ1v) is 8.24. The molecule has 1 aliphatic rings. The SMILES string of the molecule is Cc1ccc(CC(=O)N2CC[C@@](O)(COc3ccc(F)cc3)C2)nc1. The normalized spacial score (nSPS) is 19.9. The van der Waals surface area contributed by atoms with Gasteiger partial charge in [0.25, 0.3) is 0 Å². The molecule has 0 bridgehead atoms. The molecular weight excluding hydrogens is 323 g/mol. The van der Waals surface area contributed by atoms with Gasteiger partial charge in [0.15, 0.2) is 0 Å². The Hall–Kier alpha value is -2.47. The number of pyridine rings is 1. The number of hydrogen-bond donors (Lipinski definition) is 1. The molecule has 3 rings (SSSR count). The van der Waals surface area contributed by atoms with Crippen LogP contribution in [-0.4, -0.2) is 46.2 Å². The second-order valence-electron chi connectivity index (χ2n) is 6.54. The zero-order valence-electron chi connectivity index (χ0n) is 14.1. The molecule has 0 aliphatic carbocycles. The van der Waals surface area contributed by atoms with Gasteiger partial charge in [-0.3, -0.25) is 9.78 Å². The van der Waals surface area contributed by atoms with E-state index in [4.69, 9.17) is 4.74 Å². The number of carbonyl (C=O) groups is 1. The van der Waals surface area contributed by atoms with E-state index in [2.05, 4.69) is 4.98 Å². The van der Waals surface area contributed by atoms with Crippen LogP contribution in [0.1, 0.15) is 17.7 Å². The highest BCUT2D eigenvalue weighted by molar-refractivity contribution is 5.78. The maximum Gasteiger partial charge on any atom is 0.228 e. The van der Waals surface area contributed by atoms with Crippen LogP contribution in [0.25, 0.3) is 0 Å². The zero-order valence-corrected chi connectivity index (χ0v) is 14.1. The quantitative estimate of drug-likeness (QED) is 0.902. The molecule has 2 aromatic rings. The molecule has 0 unspecified atom stereocenters. The number of β-amino-alcohol motifs (C(OH)–C–C–N with tert-alkyl or cyclic N) is 1. The van der Waals surface area contributed by atoms with E-state index in [9.17, 15) is 14.3 Å². The van der Waals surface area contributed by atoms with E-state index in [0.717, 1.165) is 5.56 Å². The number of aliphatic hydroxyl groups is 1. The minimum atomic E-state index is -1.09. The smallest absolute Gasteiger partial charge is 0.228 e. The molecule has 1 atom stereocenters. The van der Waals surface area contributed by atoms with E-state index in [1.165, 1.54) is 24.3 Å². The highest BCUT2D eigenvalue weighted by atomic mass is 19.1. The van der Waals surface area contributed by atoms with Crippen molar-refractivity contribution >= 4 is 5.91 Å². The summed E-state index contributed by atoms with van der Waals surface area (Å²) in [6.07, 6.45) is 2.40. The third-order valence-corrected chi connectivity index (χ3v) is 4.31. The average molecular weight is 344 g/mol. The Morgan fingerprint density at radius 3 is 2.76 bits per heavy atom. The van der Waals surface area contributed by atoms with E-state index in [1.54, 1.807) is 11.1 Å². The van der Waals surface area contributed by atoms with Gasteiger partial charge in [-0.2, -0.15) is 0 Å². The maximum absolute atomic E-state index is 12.9. The van der Waals surface area contributed by atoms with E-state index in [-0.39, 0.29) is 31.3 Å². The number of rotatable bonds is 5. The number of benzene rings is 1. The molecule has 132 valence electrons. The average Bonchev–Trinajstić information content (AvgIpc) is 2.99. The summed E-state index contributed by atoms with van der Waals surface area (Å²) < 4.78 is 18.4. The third kappa shape index (κ3) is 4.54. The Bertz CT molecular complexity index is 733. The van der Waals surface area contributed by atoms with Gasteiger partial charge in [-0.25, -0.2) is 4.39 Å². The summed E-state index contributed by atoms with van der Waals surface area (Å²) in [7, 11) is 0. The van der Waals surface area contributed by atoms with Gasteiger partial charge in [0.2, 0.25) is 5.91 Å². The van der Waals surface area contributed by atoms with Gasteiger partial charge >= 0.3 is 0 Å². The summed E-state index contributed by atoms with van der Waals surface area (Å²) in [6, 6.07) is 9.40. The van der Waals surface area contributed by atoms with Crippen LogP contribution < -0.4 is 4.74 Å². The predicted octanol–water partition coefficient (Wildman–Crippen LogP) is 2.11. The first-order valence-electron chi connectivity index (χ1n) is 8.24. The lowest BCUT2D eigenvalue weighted by molar-refractivity contribution is -0.130. The zero-order chi connectivity index (χ0) is 17.9. The Balaban J connectivity index is 1.53. The van der Waals surface area contributed by atoms with Crippen molar-refractivity contribution < 1.29 is 19.0 Å². The van der Waals surface area contributed by atoms with Crippen LogP contribution >= 0.6 is 0 Å². The minimum absolute atomic E-state index is 0.0607. The Morgan fingerprint density at radius 1 is 1.32 bits per heavy atom. The molecule has 1 aromatic heterocycles. The number of aryl methyl sites for hydroxylation is 1. The van der Waals surface area contributed by atoms with Crippen LogP contribution in [-0.2, 0) is 11.2 Å². The van der Waals surface area contributed by atoms with Crippen molar-refractivity contribution in [3.05, 3.63) is 59.7 Å². The molecular formula is C19H21FN2O3. The van der Waals surface area contributed by atoms with Crippen molar-refractivity contribution in [2.45, 2.75) is 25.4 Å². The maximum atomic E-state index is 12.9. The summed E-state index contributed by atoms with van der Waals surface area (Å²) in [6.45, 7) is 2.71. The summed E-state index contributed by atoms with van der Waals surface area (Å²) in [5, 5.41) is 10.6. The van der Waals surface area contributed by atoms with E-state index < -0.39 is 5.60 Å². The molecule has 1 saturated heterocycles. The molecule has 6 heteroatoms. The summed E-state index contributed by atoms with van der Waals surface area (Å²) in [5.41, 5.74) is 0.670. The number of amides is 1. The first kappa shape index (κ1) is 17.4. The van der Waals surface area contributed by atoms with Crippen molar-refractivity contribution in [1.82, 2.24) is 9.88 Å². The van der Waals surface area contributed by atoms with Crippen LogP contribution in [0.3, 0.4) is 0 Å². The van der Waals surface area contributed by atoms with Gasteiger partial charge in [0, 0.05) is 18.4 Å². The van der Waals surface area contributed by atoms with Crippen LogP contribution in [0.5, 0.6) is 5.75 Å². The van der Waals surface area contributed by atoms with Crippen LogP contribution in [0, 0.1) is 12.7 Å². The lowest BCUT2D eigenvalue weighted by atomic mass is 10.1. The third-order valence-electron chi connectivity index (χ3n) is 4.31. The number of halogens is 1. The molecule has 2 heterocycles. The number of likely N-dealkylation sites (tertiary alicyclic amines) is 1. The van der Waals surface area contributed by atoms with Gasteiger partial charge in [-0.1, -0.05) is 6.07 Å². The predicted molar refractivity (Wildman–Crippen MR) is 90.7 cm³/mol. The molecule has 5 nitrogen and oxygen atoms in total. The van der Waals surface area contributed by atoms with Crippen molar-refractivity contribution in [3.8, 4) is 5.75 Å². The molecule has 1 aromatic carbocycles. The van der Waals surface area contributed by atoms with Gasteiger partial charge < -0.3 is 14.7 Å². The second kappa shape index (κ2) is 7.19. The van der Waals surface area contributed by atoms with Gasteiger partial charge in [0.05, 0.1) is 13.0 Å². The van der Waals surface area contributed by atoms with E-state index in [1.807, 2.05) is 19.1 Å². The molecule has 1 fully saturated rings. The lowest BCUT2D eigenvalue weighted by Crippen LogP contribution is -2.41. The van der Waals surface area contributed by atoms with Crippen LogP contribution in [0.2, 0.25) is 0 Å². The highest BCUT2D eigenvalue weighted by Gasteiger charge is 2.38.